The van der Waals surface area contributed by atoms with Crippen LogP contribution in [-0.2, 0) is 9.53 Å². The van der Waals surface area contributed by atoms with Gasteiger partial charge in [0.2, 0.25) is 0 Å². The van der Waals surface area contributed by atoms with Gasteiger partial charge in [0.05, 0.1) is 5.92 Å². The molecule has 1 aromatic rings. The van der Waals surface area contributed by atoms with E-state index < -0.39 is 29.6 Å². The molecule has 120 valence electrons. The summed E-state index contributed by atoms with van der Waals surface area (Å²) in [5.74, 6) is -1.60. The number of amides is 1. The lowest BCUT2D eigenvalue weighted by Crippen LogP contribution is -2.43. The van der Waals surface area contributed by atoms with E-state index in [9.17, 15) is 14.7 Å². The number of ether oxygens (including phenoxy) is 1. The molecule has 1 fully saturated rings. The number of carbonyl (C=O) groups excluding carboxylic acids is 1. The fourth-order valence-corrected chi connectivity index (χ4v) is 3.04. The Morgan fingerprint density at radius 3 is 2.36 bits per heavy atom. The maximum atomic E-state index is 11.9. The molecule has 1 aliphatic carbocycles. The zero-order chi connectivity index (χ0) is 16.3. The van der Waals surface area contributed by atoms with Crippen molar-refractivity contribution in [2.75, 3.05) is 0 Å². The smallest absolute Gasteiger partial charge is 0.407 e. The molecular weight excluding hydrogens is 282 g/mol. The molecule has 1 aromatic carbocycles. The largest absolute Gasteiger partial charge is 0.481 e. The van der Waals surface area contributed by atoms with Gasteiger partial charge in [-0.1, -0.05) is 30.3 Å². The third-order valence-corrected chi connectivity index (χ3v) is 3.87. The van der Waals surface area contributed by atoms with Gasteiger partial charge >= 0.3 is 12.1 Å². The molecule has 0 aromatic heterocycles. The number of alkyl carbamates (subject to hydrolysis) is 1. The number of nitrogens with one attached hydrogen (secondary N) is 1. The van der Waals surface area contributed by atoms with E-state index in [0.717, 1.165) is 12.0 Å². The van der Waals surface area contributed by atoms with E-state index in [4.69, 9.17) is 4.74 Å². The van der Waals surface area contributed by atoms with Gasteiger partial charge in [0, 0.05) is 6.04 Å². The summed E-state index contributed by atoms with van der Waals surface area (Å²) < 4.78 is 5.23. The molecule has 2 N–H and O–H groups in total. The minimum Gasteiger partial charge on any atom is -0.481 e. The van der Waals surface area contributed by atoms with Crippen LogP contribution in [-0.4, -0.2) is 28.8 Å². The van der Waals surface area contributed by atoms with E-state index in [1.165, 1.54) is 0 Å². The summed E-state index contributed by atoms with van der Waals surface area (Å²) in [6.07, 6.45) is 0.814. The first kappa shape index (κ1) is 16.3. The molecule has 2 rings (SSSR count). The van der Waals surface area contributed by atoms with Crippen LogP contribution in [0.15, 0.2) is 30.3 Å². The van der Waals surface area contributed by atoms with Gasteiger partial charge in [0.1, 0.15) is 5.60 Å². The topological polar surface area (TPSA) is 75.6 Å². The molecule has 3 atom stereocenters. The second kappa shape index (κ2) is 6.38. The number of carboxylic acid groups (broad SMARTS) is 1. The van der Waals surface area contributed by atoms with Crippen LogP contribution in [0.25, 0.3) is 0 Å². The highest BCUT2D eigenvalue weighted by Gasteiger charge is 2.43. The first-order valence-electron chi connectivity index (χ1n) is 7.55. The van der Waals surface area contributed by atoms with Crippen molar-refractivity contribution in [1.82, 2.24) is 5.32 Å². The Bertz CT molecular complexity index is 535. The molecule has 22 heavy (non-hydrogen) atoms. The standard InChI is InChI=1S/C17H23NO4/c1-17(2,3)22-16(21)18-13-10-9-12(14(13)15(19)20)11-7-5-4-6-8-11/h4-8,12-14H,9-10H2,1-3H3,(H,18,21)(H,19,20)/t12-,13+,14-/m1/s1. The van der Waals surface area contributed by atoms with Crippen LogP contribution in [0.5, 0.6) is 0 Å². The molecule has 5 nitrogen and oxygen atoms in total. The fraction of sp³-hybridized carbons (Fsp3) is 0.529. The van der Waals surface area contributed by atoms with E-state index in [0.29, 0.717) is 6.42 Å². The molecule has 0 spiro atoms. The molecule has 0 heterocycles. The van der Waals surface area contributed by atoms with Gasteiger partial charge in [0.15, 0.2) is 0 Å². The maximum Gasteiger partial charge on any atom is 0.407 e. The normalized spacial score (nSPS) is 24.8. The molecule has 1 aliphatic rings. The molecule has 0 radical (unpaired) electrons. The average Bonchev–Trinajstić information content (AvgIpc) is 2.81. The molecule has 0 saturated heterocycles. The molecule has 5 heteroatoms. The van der Waals surface area contributed by atoms with Gasteiger partial charge in [-0.15, -0.1) is 0 Å². The predicted molar refractivity (Wildman–Crippen MR) is 82.7 cm³/mol. The lowest BCUT2D eigenvalue weighted by molar-refractivity contribution is -0.142. The van der Waals surface area contributed by atoms with Crippen molar-refractivity contribution in [2.24, 2.45) is 5.92 Å². The Hall–Kier alpha value is -2.04. The number of aliphatic carboxylic acids is 1. The lowest BCUT2D eigenvalue weighted by atomic mass is 9.87. The molecular formula is C17H23NO4. The van der Waals surface area contributed by atoms with Crippen molar-refractivity contribution in [3.05, 3.63) is 35.9 Å². The van der Waals surface area contributed by atoms with E-state index in [1.807, 2.05) is 30.3 Å². The summed E-state index contributed by atoms with van der Waals surface area (Å²) in [5.41, 5.74) is 0.406. The highest BCUT2D eigenvalue weighted by Crippen LogP contribution is 2.40. The van der Waals surface area contributed by atoms with Crippen LogP contribution in [0.1, 0.15) is 45.1 Å². The molecule has 1 saturated carbocycles. The Kier molecular flexibility index (Phi) is 4.74. The summed E-state index contributed by atoms with van der Waals surface area (Å²) in [5, 5.41) is 12.3. The first-order chi connectivity index (χ1) is 10.3. The van der Waals surface area contributed by atoms with Crippen LogP contribution in [0.2, 0.25) is 0 Å². The van der Waals surface area contributed by atoms with E-state index in [-0.39, 0.29) is 5.92 Å². The Morgan fingerprint density at radius 2 is 1.82 bits per heavy atom. The quantitative estimate of drug-likeness (QED) is 0.899. The van der Waals surface area contributed by atoms with E-state index in [2.05, 4.69) is 5.32 Å². The van der Waals surface area contributed by atoms with Gasteiger partial charge in [0.25, 0.3) is 0 Å². The third-order valence-electron chi connectivity index (χ3n) is 3.87. The zero-order valence-corrected chi connectivity index (χ0v) is 13.2. The molecule has 0 aliphatic heterocycles. The van der Waals surface area contributed by atoms with E-state index in [1.54, 1.807) is 20.8 Å². The number of benzene rings is 1. The van der Waals surface area contributed by atoms with Gasteiger partial charge < -0.3 is 15.2 Å². The van der Waals surface area contributed by atoms with Crippen molar-refractivity contribution in [1.29, 1.82) is 0 Å². The Labute approximate surface area is 130 Å². The summed E-state index contributed by atoms with van der Waals surface area (Å²) in [6, 6.07) is 9.20. The maximum absolute atomic E-state index is 11.9. The SMILES string of the molecule is CC(C)(C)OC(=O)N[C@H]1CC[C@H](c2ccccc2)[C@H]1C(=O)O. The monoisotopic (exact) mass is 305 g/mol. The summed E-state index contributed by atoms with van der Waals surface area (Å²) in [6.45, 7) is 5.34. The van der Waals surface area contributed by atoms with Crippen LogP contribution in [0.4, 0.5) is 4.79 Å². The van der Waals surface area contributed by atoms with Crippen molar-refractivity contribution >= 4 is 12.1 Å². The fourth-order valence-electron chi connectivity index (χ4n) is 3.04. The van der Waals surface area contributed by atoms with Crippen molar-refractivity contribution in [2.45, 2.75) is 51.2 Å². The summed E-state index contributed by atoms with van der Waals surface area (Å²) in [7, 11) is 0. The summed E-state index contributed by atoms with van der Waals surface area (Å²) in [4.78, 5) is 23.6. The predicted octanol–water partition coefficient (Wildman–Crippen LogP) is 3.16. The number of hydrogen-bond acceptors (Lipinski definition) is 3. The molecule has 1 amide bonds. The Balaban J connectivity index is 2.10. The first-order valence-corrected chi connectivity index (χ1v) is 7.55. The summed E-state index contributed by atoms with van der Waals surface area (Å²) >= 11 is 0. The highest BCUT2D eigenvalue weighted by atomic mass is 16.6. The van der Waals surface area contributed by atoms with Crippen LogP contribution in [0.3, 0.4) is 0 Å². The lowest BCUT2D eigenvalue weighted by Gasteiger charge is -2.25. The Morgan fingerprint density at radius 1 is 1.18 bits per heavy atom. The van der Waals surface area contributed by atoms with Gasteiger partial charge in [-0.05, 0) is 45.1 Å². The van der Waals surface area contributed by atoms with Crippen LogP contribution >= 0.6 is 0 Å². The van der Waals surface area contributed by atoms with E-state index >= 15 is 0 Å². The van der Waals surface area contributed by atoms with Crippen molar-refractivity contribution in [3.63, 3.8) is 0 Å². The number of hydrogen-bond donors (Lipinski definition) is 2. The second-order valence-electron chi connectivity index (χ2n) is 6.71. The zero-order valence-electron chi connectivity index (χ0n) is 13.2. The second-order valence-corrected chi connectivity index (χ2v) is 6.71. The minimum absolute atomic E-state index is 0.0846. The average molecular weight is 305 g/mol. The van der Waals surface area contributed by atoms with Crippen LogP contribution in [0, 0.1) is 5.92 Å². The number of carboxylic acids is 1. The molecule has 0 unspecified atom stereocenters. The van der Waals surface area contributed by atoms with Gasteiger partial charge in [-0.2, -0.15) is 0 Å². The molecule has 0 bridgehead atoms. The van der Waals surface area contributed by atoms with Gasteiger partial charge in [-0.25, -0.2) is 4.79 Å². The van der Waals surface area contributed by atoms with Crippen LogP contribution < -0.4 is 5.32 Å². The van der Waals surface area contributed by atoms with Gasteiger partial charge in [-0.3, -0.25) is 4.79 Å². The third kappa shape index (κ3) is 4.00. The number of carbonyl (C=O) groups is 2. The number of rotatable bonds is 3. The van der Waals surface area contributed by atoms with Crippen molar-refractivity contribution < 1.29 is 19.4 Å². The highest BCUT2D eigenvalue weighted by molar-refractivity contribution is 5.75. The minimum atomic E-state index is -0.882. The van der Waals surface area contributed by atoms with Crippen molar-refractivity contribution in [3.8, 4) is 0 Å².